The van der Waals surface area contributed by atoms with E-state index in [1.807, 2.05) is 24.3 Å². The number of hydrogen-bond donors (Lipinski definition) is 2. The number of H-pyrrole nitrogens is 1. The number of aromatic amines is 1. The number of nitrogens with zero attached hydrogens (tertiary/aromatic N) is 4. The van der Waals surface area contributed by atoms with Gasteiger partial charge in [-0.05, 0) is 37.0 Å². The summed E-state index contributed by atoms with van der Waals surface area (Å²) in [5.41, 5.74) is 0.822. The molecule has 3 heterocycles. The van der Waals surface area contributed by atoms with Crippen LogP contribution in [0.5, 0.6) is 5.75 Å². The van der Waals surface area contributed by atoms with Crippen molar-refractivity contribution in [2.24, 2.45) is 7.05 Å². The second kappa shape index (κ2) is 9.60. The molecule has 32 heavy (non-hydrogen) atoms. The Morgan fingerprint density at radius 3 is 2.47 bits per heavy atom. The van der Waals surface area contributed by atoms with Crippen molar-refractivity contribution in [3.63, 3.8) is 0 Å². The molecule has 1 atom stereocenters. The normalized spacial score (nSPS) is 15.7. The number of ether oxygens (including phenoxy) is 1. The molecule has 2 aromatic heterocycles. The van der Waals surface area contributed by atoms with Crippen LogP contribution in [0.3, 0.4) is 0 Å². The first kappa shape index (κ1) is 22.1. The van der Waals surface area contributed by atoms with Gasteiger partial charge < -0.3 is 19.3 Å². The molecule has 9 heteroatoms. The average molecular weight is 442 g/mol. The zero-order chi connectivity index (χ0) is 22.7. The molecule has 1 saturated heterocycles. The first-order chi connectivity index (χ1) is 15.5. The SMILES string of the molecule is CCc1ccc(OC[C@@H](O)Cn2c(N3CCCCCC3)nc3c2c(=O)[nH]c(=O)n3C)cc1. The Morgan fingerprint density at radius 2 is 1.81 bits per heavy atom. The Hall–Kier alpha value is -3.07. The maximum absolute atomic E-state index is 12.7. The number of fused-ring (bicyclic) bond motifs is 1. The largest absolute Gasteiger partial charge is 0.491 e. The van der Waals surface area contributed by atoms with Crippen LogP contribution < -0.4 is 20.9 Å². The molecule has 0 amide bonds. The first-order valence-corrected chi connectivity index (χ1v) is 11.3. The summed E-state index contributed by atoms with van der Waals surface area (Å²) in [4.78, 5) is 34.0. The first-order valence-electron chi connectivity index (χ1n) is 11.3. The summed E-state index contributed by atoms with van der Waals surface area (Å²) in [7, 11) is 1.59. The number of benzene rings is 1. The van der Waals surface area contributed by atoms with Crippen molar-refractivity contribution < 1.29 is 9.84 Å². The van der Waals surface area contributed by atoms with Crippen molar-refractivity contribution in [2.75, 3.05) is 24.6 Å². The zero-order valence-corrected chi connectivity index (χ0v) is 18.7. The molecule has 0 spiro atoms. The van der Waals surface area contributed by atoms with Crippen molar-refractivity contribution in [3.05, 3.63) is 50.7 Å². The van der Waals surface area contributed by atoms with Gasteiger partial charge in [0.1, 0.15) is 18.5 Å². The van der Waals surface area contributed by atoms with Crippen LogP contribution in [0.1, 0.15) is 38.2 Å². The highest BCUT2D eigenvalue weighted by atomic mass is 16.5. The van der Waals surface area contributed by atoms with Gasteiger partial charge in [-0.2, -0.15) is 4.98 Å². The van der Waals surface area contributed by atoms with Crippen molar-refractivity contribution in [1.82, 2.24) is 19.1 Å². The number of rotatable bonds is 7. The minimum absolute atomic E-state index is 0.0776. The molecule has 0 radical (unpaired) electrons. The molecule has 0 aliphatic carbocycles. The van der Waals surface area contributed by atoms with Gasteiger partial charge in [0.25, 0.3) is 5.56 Å². The molecule has 0 bridgehead atoms. The van der Waals surface area contributed by atoms with Crippen molar-refractivity contribution in [3.8, 4) is 5.75 Å². The number of nitrogens with one attached hydrogen (secondary N) is 1. The Labute approximate surface area is 186 Å². The summed E-state index contributed by atoms with van der Waals surface area (Å²) in [6.07, 6.45) is 4.48. The minimum atomic E-state index is -0.861. The maximum atomic E-state index is 12.7. The van der Waals surface area contributed by atoms with E-state index >= 15 is 0 Å². The van der Waals surface area contributed by atoms with Crippen LogP contribution in [0, 0.1) is 0 Å². The fourth-order valence-corrected chi connectivity index (χ4v) is 4.19. The van der Waals surface area contributed by atoms with Crippen molar-refractivity contribution >= 4 is 17.1 Å². The molecule has 0 saturated carbocycles. The fourth-order valence-electron chi connectivity index (χ4n) is 4.19. The minimum Gasteiger partial charge on any atom is -0.491 e. The Bertz CT molecular complexity index is 1170. The summed E-state index contributed by atoms with van der Waals surface area (Å²) in [6, 6.07) is 7.79. The average Bonchev–Trinajstić information content (AvgIpc) is 2.97. The molecule has 9 nitrogen and oxygen atoms in total. The standard InChI is InChI=1S/C23H31N5O4/c1-3-16-8-10-18(11-9-16)32-15-17(29)14-28-19-20(26(2)23(31)25-21(19)30)24-22(28)27-12-6-4-5-7-13-27/h8-11,17,29H,3-7,12-15H2,1-2H3,(H,25,30,31)/t17-/m0/s1. The Kier molecular flexibility index (Phi) is 6.64. The van der Waals surface area contributed by atoms with Gasteiger partial charge in [-0.15, -0.1) is 0 Å². The molecule has 0 unspecified atom stereocenters. The molecule has 172 valence electrons. The third-order valence-corrected chi connectivity index (χ3v) is 6.04. The highest BCUT2D eigenvalue weighted by Gasteiger charge is 2.24. The summed E-state index contributed by atoms with van der Waals surface area (Å²) in [5.74, 6) is 1.30. The monoisotopic (exact) mass is 441 g/mol. The van der Waals surface area contributed by atoms with E-state index in [0.717, 1.165) is 45.2 Å². The number of aryl methyl sites for hydroxylation is 2. The number of hydrogen-bond acceptors (Lipinski definition) is 6. The van der Waals surface area contributed by atoms with Gasteiger partial charge in [0, 0.05) is 20.1 Å². The lowest BCUT2D eigenvalue weighted by Gasteiger charge is -2.23. The highest BCUT2D eigenvalue weighted by molar-refractivity contribution is 5.74. The molecule has 1 aromatic carbocycles. The highest BCUT2D eigenvalue weighted by Crippen LogP contribution is 2.23. The summed E-state index contributed by atoms with van der Waals surface area (Å²) in [6.45, 7) is 3.95. The number of aliphatic hydroxyl groups is 1. The van der Waals surface area contributed by atoms with E-state index in [2.05, 4.69) is 21.8 Å². The van der Waals surface area contributed by atoms with E-state index in [9.17, 15) is 14.7 Å². The molecule has 1 aliphatic heterocycles. The Morgan fingerprint density at radius 1 is 1.12 bits per heavy atom. The van der Waals surface area contributed by atoms with Gasteiger partial charge in [0.2, 0.25) is 5.95 Å². The van der Waals surface area contributed by atoms with Gasteiger partial charge in [0.05, 0.1) is 6.54 Å². The second-order valence-electron chi connectivity index (χ2n) is 8.38. The van der Waals surface area contributed by atoms with Crippen LogP contribution in [0.4, 0.5) is 5.95 Å². The van der Waals surface area contributed by atoms with E-state index < -0.39 is 17.4 Å². The van der Waals surface area contributed by atoms with Gasteiger partial charge in [-0.25, -0.2) is 4.79 Å². The lowest BCUT2D eigenvalue weighted by atomic mass is 10.2. The maximum Gasteiger partial charge on any atom is 0.329 e. The number of imidazole rings is 1. The van der Waals surface area contributed by atoms with Crippen LogP contribution in [-0.4, -0.2) is 50.0 Å². The summed E-state index contributed by atoms with van der Waals surface area (Å²) in [5, 5.41) is 10.8. The van der Waals surface area contributed by atoms with Gasteiger partial charge in [-0.1, -0.05) is 31.9 Å². The van der Waals surface area contributed by atoms with E-state index in [-0.39, 0.29) is 18.7 Å². The smallest absolute Gasteiger partial charge is 0.329 e. The predicted molar refractivity (Wildman–Crippen MR) is 124 cm³/mol. The molecule has 4 rings (SSSR count). The van der Waals surface area contributed by atoms with Crippen molar-refractivity contribution in [2.45, 2.75) is 51.7 Å². The Balaban J connectivity index is 1.63. The van der Waals surface area contributed by atoms with E-state index in [1.165, 1.54) is 10.1 Å². The third kappa shape index (κ3) is 4.57. The van der Waals surface area contributed by atoms with Crippen LogP contribution in [0.25, 0.3) is 11.2 Å². The molecule has 3 aromatic rings. The van der Waals surface area contributed by atoms with Crippen LogP contribution in [0.15, 0.2) is 33.9 Å². The predicted octanol–water partition coefficient (Wildman–Crippen LogP) is 1.81. The molecule has 1 aliphatic rings. The van der Waals surface area contributed by atoms with Gasteiger partial charge in [-0.3, -0.25) is 14.3 Å². The topological polar surface area (TPSA) is 105 Å². The lowest BCUT2D eigenvalue weighted by molar-refractivity contribution is 0.0936. The third-order valence-electron chi connectivity index (χ3n) is 6.04. The second-order valence-corrected chi connectivity index (χ2v) is 8.38. The molecule has 1 fully saturated rings. The zero-order valence-electron chi connectivity index (χ0n) is 18.7. The lowest BCUT2D eigenvalue weighted by Crippen LogP contribution is -2.32. The van der Waals surface area contributed by atoms with Gasteiger partial charge in [0.15, 0.2) is 11.2 Å². The van der Waals surface area contributed by atoms with E-state index in [4.69, 9.17) is 4.74 Å². The van der Waals surface area contributed by atoms with Crippen LogP contribution in [0.2, 0.25) is 0 Å². The fraction of sp³-hybridized carbons (Fsp3) is 0.522. The quantitative estimate of drug-likeness (QED) is 0.579. The molecular formula is C23H31N5O4. The summed E-state index contributed by atoms with van der Waals surface area (Å²) >= 11 is 0. The molecule has 2 N–H and O–H groups in total. The van der Waals surface area contributed by atoms with Crippen LogP contribution >= 0.6 is 0 Å². The van der Waals surface area contributed by atoms with E-state index in [0.29, 0.717) is 17.3 Å². The number of anilines is 1. The van der Waals surface area contributed by atoms with Crippen LogP contribution in [-0.2, 0) is 20.0 Å². The summed E-state index contributed by atoms with van der Waals surface area (Å²) < 4.78 is 8.84. The number of aromatic nitrogens is 4. The van der Waals surface area contributed by atoms with Crippen molar-refractivity contribution in [1.29, 1.82) is 0 Å². The number of aliphatic hydroxyl groups excluding tert-OH is 1. The van der Waals surface area contributed by atoms with Gasteiger partial charge >= 0.3 is 5.69 Å². The van der Waals surface area contributed by atoms with E-state index in [1.54, 1.807) is 11.6 Å². The molecular weight excluding hydrogens is 410 g/mol.